The average molecular weight is 524 g/mol. The molecular weight excluding hydrogens is 490 g/mol. The van der Waals surface area contributed by atoms with Crippen LogP contribution in [0, 0.1) is 17.0 Å². The zero-order valence-corrected chi connectivity index (χ0v) is 21.9. The van der Waals surface area contributed by atoms with Crippen molar-refractivity contribution in [2.45, 2.75) is 39.3 Å². The maximum Gasteiger partial charge on any atom is 0.295 e. The zero-order valence-electron chi connectivity index (χ0n) is 21.9. The summed E-state index contributed by atoms with van der Waals surface area (Å²) in [7, 11) is 0. The Morgan fingerprint density at radius 2 is 1.89 bits per heavy atom. The van der Waals surface area contributed by atoms with Crippen LogP contribution >= 0.6 is 0 Å². The molecule has 0 unspecified atom stereocenters. The van der Waals surface area contributed by atoms with E-state index in [2.05, 4.69) is 4.90 Å². The number of non-ortho nitro benzene ring substituents is 1. The second-order valence-electron chi connectivity index (χ2n) is 9.80. The third-order valence-electron chi connectivity index (χ3n) is 6.74. The minimum Gasteiger partial charge on any atom is -0.507 e. The fraction of sp³-hybridized carbons (Fsp3) is 0.429. The van der Waals surface area contributed by atoms with Crippen molar-refractivity contribution >= 4 is 23.1 Å². The van der Waals surface area contributed by atoms with E-state index in [0.717, 1.165) is 13.1 Å². The molecule has 10 nitrogen and oxygen atoms in total. The van der Waals surface area contributed by atoms with Crippen molar-refractivity contribution in [2.24, 2.45) is 0 Å². The van der Waals surface area contributed by atoms with Gasteiger partial charge in [0.05, 0.1) is 35.9 Å². The molecule has 0 radical (unpaired) electrons. The molecule has 1 atom stereocenters. The lowest BCUT2D eigenvalue weighted by Crippen LogP contribution is -2.39. The summed E-state index contributed by atoms with van der Waals surface area (Å²) in [5.41, 5.74) is 1.21. The number of nitro groups is 1. The summed E-state index contributed by atoms with van der Waals surface area (Å²) in [6.07, 6.45) is 0.559. The first kappa shape index (κ1) is 27.3. The van der Waals surface area contributed by atoms with Crippen LogP contribution in [0.15, 0.2) is 48.0 Å². The van der Waals surface area contributed by atoms with Crippen molar-refractivity contribution in [1.29, 1.82) is 0 Å². The molecule has 38 heavy (non-hydrogen) atoms. The molecule has 4 rings (SSSR count). The summed E-state index contributed by atoms with van der Waals surface area (Å²) in [6.45, 7) is 9.45. The van der Waals surface area contributed by atoms with Gasteiger partial charge in [-0.3, -0.25) is 24.6 Å². The Labute approximate surface area is 221 Å². The van der Waals surface area contributed by atoms with Gasteiger partial charge in [-0.05, 0) is 56.5 Å². The number of hydrogen-bond donors (Lipinski definition) is 1. The number of carbonyl (C=O) groups excluding carboxylic acids is 2. The van der Waals surface area contributed by atoms with Gasteiger partial charge in [-0.2, -0.15) is 0 Å². The van der Waals surface area contributed by atoms with Crippen LogP contribution in [0.5, 0.6) is 5.75 Å². The van der Waals surface area contributed by atoms with E-state index in [1.165, 1.54) is 23.1 Å². The van der Waals surface area contributed by atoms with E-state index >= 15 is 0 Å². The molecule has 2 aromatic carbocycles. The number of morpholine rings is 1. The predicted octanol–water partition coefficient (Wildman–Crippen LogP) is 3.83. The van der Waals surface area contributed by atoms with Crippen LogP contribution in [-0.2, 0) is 14.3 Å². The molecule has 2 fully saturated rings. The highest BCUT2D eigenvalue weighted by molar-refractivity contribution is 6.46. The van der Waals surface area contributed by atoms with Crippen molar-refractivity contribution in [3.63, 3.8) is 0 Å². The number of ether oxygens (including phenoxy) is 2. The Bertz CT molecular complexity index is 1250. The van der Waals surface area contributed by atoms with Gasteiger partial charge in [0.1, 0.15) is 11.5 Å². The van der Waals surface area contributed by atoms with Crippen LogP contribution in [0.25, 0.3) is 5.76 Å². The molecule has 2 aliphatic rings. The second kappa shape index (κ2) is 11.7. The second-order valence-corrected chi connectivity index (χ2v) is 9.80. The predicted molar refractivity (Wildman–Crippen MR) is 141 cm³/mol. The quantitative estimate of drug-likeness (QED) is 0.173. The molecule has 0 aliphatic carbocycles. The molecule has 0 spiro atoms. The topological polar surface area (TPSA) is 122 Å². The van der Waals surface area contributed by atoms with E-state index < -0.39 is 22.7 Å². The summed E-state index contributed by atoms with van der Waals surface area (Å²) in [6, 6.07) is 10.0. The summed E-state index contributed by atoms with van der Waals surface area (Å²) in [4.78, 5) is 41.2. The number of aliphatic hydroxyl groups excluding tert-OH is 1. The van der Waals surface area contributed by atoms with Crippen LogP contribution in [0.2, 0.25) is 0 Å². The third-order valence-corrected chi connectivity index (χ3v) is 6.74. The smallest absolute Gasteiger partial charge is 0.295 e. The molecule has 10 heteroatoms. The summed E-state index contributed by atoms with van der Waals surface area (Å²) >= 11 is 0. The van der Waals surface area contributed by atoms with Gasteiger partial charge in [0.2, 0.25) is 0 Å². The van der Waals surface area contributed by atoms with Crippen molar-refractivity contribution in [1.82, 2.24) is 9.80 Å². The van der Waals surface area contributed by atoms with Gasteiger partial charge in [0, 0.05) is 43.9 Å². The van der Waals surface area contributed by atoms with Crippen LogP contribution in [0.3, 0.4) is 0 Å². The van der Waals surface area contributed by atoms with Crippen LogP contribution in [0.1, 0.15) is 43.0 Å². The van der Waals surface area contributed by atoms with Crippen molar-refractivity contribution < 1.29 is 29.1 Å². The number of carbonyl (C=O) groups is 2. The number of hydrogen-bond acceptors (Lipinski definition) is 8. The standard InChI is InChI=1S/C28H33N3O7/c1-18(2)38-22-8-9-23(19(3)16-22)26(32)24-25(20-6-4-7-21(17-20)31(35)36)30(28(34)27(24)33)11-5-10-29-12-14-37-15-13-29/h4,6-9,16-18,25,32H,5,10-15H2,1-3H3/t25-/m1/s1. The lowest BCUT2D eigenvalue weighted by atomic mass is 9.93. The highest BCUT2D eigenvalue weighted by Gasteiger charge is 2.46. The number of aryl methyl sites for hydroxylation is 1. The Kier molecular flexibility index (Phi) is 8.43. The maximum absolute atomic E-state index is 13.3. The fourth-order valence-electron chi connectivity index (χ4n) is 4.95. The summed E-state index contributed by atoms with van der Waals surface area (Å²) in [5.74, 6) is -1.24. The molecule has 2 saturated heterocycles. The minimum absolute atomic E-state index is 0.0366. The number of nitro benzene ring substituents is 1. The molecular formula is C28H33N3O7. The van der Waals surface area contributed by atoms with Crippen molar-refractivity contribution in [2.75, 3.05) is 39.4 Å². The molecule has 0 bridgehead atoms. The normalized spacial score (nSPS) is 19.8. The molecule has 0 aromatic heterocycles. The molecule has 202 valence electrons. The molecule has 2 aromatic rings. The van der Waals surface area contributed by atoms with E-state index in [0.29, 0.717) is 48.6 Å². The van der Waals surface area contributed by atoms with Gasteiger partial charge in [0.25, 0.3) is 17.4 Å². The Morgan fingerprint density at radius 1 is 1.16 bits per heavy atom. The number of aliphatic hydroxyl groups is 1. The first-order chi connectivity index (χ1) is 18.2. The van der Waals surface area contributed by atoms with Crippen LogP contribution in [-0.4, -0.2) is 77.0 Å². The zero-order chi connectivity index (χ0) is 27.4. The van der Waals surface area contributed by atoms with E-state index in [-0.39, 0.29) is 29.7 Å². The molecule has 1 N–H and O–H groups in total. The minimum atomic E-state index is -0.953. The van der Waals surface area contributed by atoms with Crippen LogP contribution in [0.4, 0.5) is 5.69 Å². The first-order valence-electron chi connectivity index (χ1n) is 12.8. The average Bonchev–Trinajstić information content (AvgIpc) is 3.14. The molecule has 1 amide bonds. The van der Waals surface area contributed by atoms with Gasteiger partial charge in [-0.1, -0.05) is 12.1 Å². The SMILES string of the molecule is Cc1cc(OC(C)C)ccc1C(O)=C1C(=O)C(=O)N(CCCN2CCOCC2)[C@@H]1c1cccc([N+](=O)[O-])c1. The molecule has 2 aliphatic heterocycles. The number of nitrogens with zero attached hydrogens (tertiary/aromatic N) is 3. The van der Waals surface area contributed by atoms with Gasteiger partial charge in [-0.15, -0.1) is 0 Å². The Morgan fingerprint density at radius 3 is 2.55 bits per heavy atom. The fourth-order valence-corrected chi connectivity index (χ4v) is 4.95. The van der Waals surface area contributed by atoms with Crippen molar-refractivity contribution in [3.05, 3.63) is 74.8 Å². The maximum atomic E-state index is 13.3. The van der Waals surface area contributed by atoms with E-state index in [1.54, 1.807) is 31.2 Å². The van der Waals surface area contributed by atoms with Crippen LogP contribution < -0.4 is 4.74 Å². The Hall–Kier alpha value is -3.76. The molecule has 2 heterocycles. The number of likely N-dealkylation sites (tertiary alicyclic amines) is 1. The number of benzene rings is 2. The van der Waals surface area contributed by atoms with E-state index in [4.69, 9.17) is 9.47 Å². The summed E-state index contributed by atoms with van der Waals surface area (Å²) in [5, 5.41) is 22.9. The number of rotatable bonds is 9. The number of ketones is 1. The highest BCUT2D eigenvalue weighted by Crippen LogP contribution is 2.41. The monoisotopic (exact) mass is 523 g/mol. The Balaban J connectivity index is 1.72. The van der Waals surface area contributed by atoms with Gasteiger partial charge in [-0.25, -0.2) is 0 Å². The van der Waals surface area contributed by atoms with Crippen molar-refractivity contribution in [3.8, 4) is 5.75 Å². The van der Waals surface area contributed by atoms with E-state index in [9.17, 15) is 24.8 Å². The highest BCUT2D eigenvalue weighted by atomic mass is 16.6. The summed E-state index contributed by atoms with van der Waals surface area (Å²) < 4.78 is 11.1. The third kappa shape index (κ3) is 5.87. The van der Waals surface area contributed by atoms with Gasteiger partial charge < -0.3 is 19.5 Å². The van der Waals surface area contributed by atoms with Gasteiger partial charge in [0.15, 0.2) is 0 Å². The lowest BCUT2D eigenvalue weighted by Gasteiger charge is -2.29. The first-order valence-corrected chi connectivity index (χ1v) is 12.8. The largest absolute Gasteiger partial charge is 0.507 e. The molecule has 0 saturated carbocycles. The van der Waals surface area contributed by atoms with Gasteiger partial charge >= 0.3 is 0 Å². The van der Waals surface area contributed by atoms with E-state index in [1.807, 2.05) is 13.8 Å². The number of Topliss-reactive ketones (excluding diaryl/α,β-unsaturated/α-hetero) is 1. The lowest BCUT2D eigenvalue weighted by molar-refractivity contribution is -0.384. The number of amides is 1.